The molecule has 1 fully saturated rings. The minimum absolute atomic E-state index is 0.121. The average molecular weight is 360 g/mol. The number of nitrogens with one attached hydrogen (secondary N) is 1. The second-order valence-corrected chi connectivity index (χ2v) is 7.19. The van der Waals surface area contributed by atoms with Gasteiger partial charge in [0.05, 0.1) is 0 Å². The maximum Gasteiger partial charge on any atom is 0.259 e. The molecule has 1 aliphatic heterocycles. The lowest BCUT2D eigenvalue weighted by molar-refractivity contribution is 0.0721. The Balaban J connectivity index is 1.75. The second-order valence-electron chi connectivity index (χ2n) is 7.19. The highest BCUT2D eigenvalue weighted by Gasteiger charge is 2.25. The Labute approximate surface area is 158 Å². The van der Waals surface area contributed by atoms with Gasteiger partial charge in [0.25, 0.3) is 5.91 Å². The summed E-state index contributed by atoms with van der Waals surface area (Å²) >= 11 is 0. The van der Waals surface area contributed by atoms with E-state index >= 15 is 0 Å². The molecule has 0 atom stereocenters. The number of rotatable bonds is 4. The lowest BCUT2D eigenvalue weighted by atomic mass is 10.0. The number of aromatic amines is 1. The number of aromatic nitrogens is 1. The molecule has 4 rings (SSSR count). The number of pyridine rings is 1. The van der Waals surface area contributed by atoms with E-state index in [9.17, 15) is 9.59 Å². The number of fused-ring (bicyclic) bond motifs is 1. The Bertz CT molecular complexity index is 1000. The number of carbonyl (C=O) groups excluding carboxylic acids is 1. The highest BCUT2D eigenvalue weighted by atomic mass is 16.2. The third-order valence-corrected chi connectivity index (χ3v) is 5.35. The van der Waals surface area contributed by atoms with Crippen LogP contribution >= 0.6 is 0 Å². The van der Waals surface area contributed by atoms with Gasteiger partial charge in [-0.15, -0.1) is 0 Å². The number of H-pyrrole nitrogens is 1. The van der Waals surface area contributed by atoms with Crippen molar-refractivity contribution in [2.45, 2.75) is 32.1 Å². The zero-order valence-electron chi connectivity index (χ0n) is 15.4. The number of hydrogen-bond acceptors (Lipinski definition) is 2. The number of hydrogen-bond donors (Lipinski definition) is 1. The second kappa shape index (κ2) is 7.78. The molecule has 27 heavy (non-hydrogen) atoms. The Morgan fingerprint density at radius 2 is 1.59 bits per heavy atom. The first kappa shape index (κ1) is 17.5. The molecule has 1 N–H and O–H groups in total. The molecule has 0 bridgehead atoms. The van der Waals surface area contributed by atoms with Crippen LogP contribution in [0.5, 0.6) is 0 Å². The van der Waals surface area contributed by atoms with Gasteiger partial charge in [0.15, 0.2) is 0 Å². The van der Waals surface area contributed by atoms with E-state index in [0.29, 0.717) is 17.4 Å². The summed E-state index contributed by atoms with van der Waals surface area (Å²) in [4.78, 5) is 31.6. The number of likely N-dealkylation sites (tertiary alicyclic amines) is 1. The highest BCUT2D eigenvalue weighted by Crippen LogP contribution is 2.18. The van der Waals surface area contributed by atoms with E-state index in [1.807, 2.05) is 41.3 Å². The van der Waals surface area contributed by atoms with Crippen molar-refractivity contribution in [3.8, 4) is 0 Å². The zero-order chi connectivity index (χ0) is 18.6. The van der Waals surface area contributed by atoms with Gasteiger partial charge in [-0.05, 0) is 49.8 Å². The van der Waals surface area contributed by atoms with Gasteiger partial charge in [-0.2, -0.15) is 0 Å². The van der Waals surface area contributed by atoms with Crippen molar-refractivity contribution in [2.24, 2.45) is 0 Å². The van der Waals surface area contributed by atoms with Gasteiger partial charge < -0.3 is 9.88 Å². The molecule has 1 saturated heterocycles. The van der Waals surface area contributed by atoms with Crippen LogP contribution in [0.15, 0.2) is 59.4 Å². The molecule has 0 aliphatic carbocycles. The number of aryl methyl sites for hydroxylation is 2. The first-order chi connectivity index (χ1) is 13.2. The van der Waals surface area contributed by atoms with E-state index in [1.54, 1.807) is 6.07 Å². The first-order valence-corrected chi connectivity index (χ1v) is 9.71. The van der Waals surface area contributed by atoms with E-state index in [1.165, 1.54) is 5.56 Å². The molecule has 4 heteroatoms. The largest absolute Gasteiger partial charge is 0.358 e. The predicted octanol–water partition coefficient (Wildman–Crippen LogP) is 3.94. The predicted molar refractivity (Wildman–Crippen MR) is 108 cm³/mol. The van der Waals surface area contributed by atoms with Crippen molar-refractivity contribution in [1.82, 2.24) is 9.88 Å². The smallest absolute Gasteiger partial charge is 0.259 e. The fourth-order valence-electron chi connectivity index (χ4n) is 3.87. The highest BCUT2D eigenvalue weighted by molar-refractivity contribution is 5.98. The number of amides is 1. The molecular formula is C23H24N2O2. The van der Waals surface area contributed by atoms with Crippen LogP contribution in [-0.2, 0) is 12.8 Å². The maximum atomic E-state index is 13.2. The van der Waals surface area contributed by atoms with Crippen LogP contribution in [0.2, 0.25) is 0 Å². The monoisotopic (exact) mass is 360 g/mol. The number of para-hydroxylation sites is 1. The summed E-state index contributed by atoms with van der Waals surface area (Å²) in [5.41, 5.74) is 2.91. The molecule has 138 valence electrons. The van der Waals surface area contributed by atoms with Gasteiger partial charge in [0, 0.05) is 29.7 Å². The third kappa shape index (κ3) is 3.65. The van der Waals surface area contributed by atoms with Crippen LogP contribution in [0.25, 0.3) is 10.9 Å². The molecular weight excluding hydrogens is 336 g/mol. The molecule has 3 aromatic rings. The van der Waals surface area contributed by atoms with Gasteiger partial charge in [-0.25, -0.2) is 0 Å². The Kier molecular flexibility index (Phi) is 5.05. The van der Waals surface area contributed by atoms with Gasteiger partial charge in [-0.1, -0.05) is 42.5 Å². The fraction of sp³-hybridized carbons (Fsp3) is 0.304. The summed E-state index contributed by atoms with van der Waals surface area (Å²) in [6.07, 6.45) is 4.60. The van der Waals surface area contributed by atoms with Gasteiger partial charge >= 0.3 is 0 Å². The Morgan fingerprint density at radius 1 is 0.889 bits per heavy atom. The minimum Gasteiger partial charge on any atom is -0.358 e. The summed E-state index contributed by atoms with van der Waals surface area (Å²) in [7, 11) is 0. The molecule has 0 unspecified atom stereocenters. The molecule has 1 amide bonds. The van der Waals surface area contributed by atoms with Crippen molar-refractivity contribution in [3.05, 3.63) is 81.6 Å². The van der Waals surface area contributed by atoms with Crippen LogP contribution in [0.3, 0.4) is 0 Å². The molecule has 1 aliphatic rings. The Hall–Kier alpha value is -2.88. The molecule has 1 aromatic heterocycles. The molecule has 2 aromatic carbocycles. The summed E-state index contributed by atoms with van der Waals surface area (Å²) in [6.45, 7) is 1.48. The quantitative estimate of drug-likeness (QED) is 0.766. The zero-order valence-corrected chi connectivity index (χ0v) is 15.4. The van der Waals surface area contributed by atoms with Crippen LogP contribution in [0.1, 0.15) is 40.9 Å². The lowest BCUT2D eigenvalue weighted by Crippen LogP contribution is -2.39. The first-order valence-electron chi connectivity index (χ1n) is 9.71. The van der Waals surface area contributed by atoms with E-state index in [2.05, 4.69) is 17.1 Å². The summed E-state index contributed by atoms with van der Waals surface area (Å²) in [5, 5.41) is 0.585. The topological polar surface area (TPSA) is 53.2 Å². The minimum atomic E-state index is -0.150. The van der Waals surface area contributed by atoms with Gasteiger partial charge in [-0.3, -0.25) is 9.59 Å². The van der Waals surface area contributed by atoms with E-state index < -0.39 is 0 Å². The van der Waals surface area contributed by atoms with Crippen LogP contribution in [-0.4, -0.2) is 28.9 Å². The standard InChI is InChI=1S/C23H24N2O2/c26-22-18-11-5-6-12-19(18)24-20(14-13-17-9-3-1-4-10-17)21(22)23(27)25-15-7-2-8-16-25/h1,3-6,9-12H,2,7-8,13-16H2,(H,24,26). The van der Waals surface area contributed by atoms with E-state index in [4.69, 9.17) is 0 Å². The number of carbonyl (C=O) groups is 1. The molecule has 2 heterocycles. The summed E-state index contributed by atoms with van der Waals surface area (Å²) in [5.74, 6) is -0.121. The van der Waals surface area contributed by atoms with Crippen molar-refractivity contribution >= 4 is 16.8 Å². The average Bonchev–Trinajstić information content (AvgIpc) is 2.73. The van der Waals surface area contributed by atoms with Gasteiger partial charge in [0.2, 0.25) is 5.43 Å². The third-order valence-electron chi connectivity index (χ3n) is 5.35. The lowest BCUT2D eigenvalue weighted by Gasteiger charge is -2.27. The van der Waals surface area contributed by atoms with Gasteiger partial charge in [0.1, 0.15) is 5.56 Å². The van der Waals surface area contributed by atoms with Crippen molar-refractivity contribution in [3.63, 3.8) is 0 Å². The number of benzene rings is 2. The summed E-state index contributed by atoms with van der Waals surface area (Å²) in [6, 6.07) is 17.6. The van der Waals surface area contributed by atoms with E-state index in [-0.39, 0.29) is 11.3 Å². The normalized spacial score (nSPS) is 14.4. The molecule has 0 saturated carbocycles. The van der Waals surface area contributed by atoms with Crippen molar-refractivity contribution in [1.29, 1.82) is 0 Å². The fourth-order valence-corrected chi connectivity index (χ4v) is 3.87. The van der Waals surface area contributed by atoms with E-state index in [0.717, 1.165) is 50.0 Å². The SMILES string of the molecule is O=C(c1c(CCc2ccccc2)[nH]c2ccccc2c1=O)N1CCCCC1. The number of nitrogens with zero attached hydrogens (tertiary/aromatic N) is 1. The van der Waals surface area contributed by atoms with Crippen LogP contribution in [0, 0.1) is 0 Å². The molecule has 0 radical (unpaired) electrons. The van der Waals surface area contributed by atoms with Crippen LogP contribution in [0.4, 0.5) is 0 Å². The van der Waals surface area contributed by atoms with Crippen LogP contribution < -0.4 is 5.43 Å². The number of piperidine rings is 1. The molecule has 0 spiro atoms. The van der Waals surface area contributed by atoms with Crippen molar-refractivity contribution < 1.29 is 4.79 Å². The molecule has 4 nitrogen and oxygen atoms in total. The summed E-state index contributed by atoms with van der Waals surface area (Å²) < 4.78 is 0. The maximum absolute atomic E-state index is 13.2. The Morgan fingerprint density at radius 3 is 2.37 bits per heavy atom. The van der Waals surface area contributed by atoms with Crippen molar-refractivity contribution in [2.75, 3.05) is 13.1 Å².